The van der Waals surface area contributed by atoms with Gasteiger partial charge >= 0.3 is 0 Å². The maximum absolute atomic E-state index is 13.9. The van der Waals surface area contributed by atoms with E-state index >= 15 is 0 Å². The molecule has 2 aromatic heterocycles. The van der Waals surface area contributed by atoms with E-state index in [9.17, 15) is 13.9 Å². The van der Waals surface area contributed by atoms with Crippen LogP contribution in [0.4, 0.5) is 20.3 Å². The molecule has 5 aromatic rings. The van der Waals surface area contributed by atoms with Crippen molar-refractivity contribution in [2.45, 2.75) is 13.5 Å². The van der Waals surface area contributed by atoms with Gasteiger partial charge in [-0.3, -0.25) is 0 Å². The zero-order valence-corrected chi connectivity index (χ0v) is 17.8. The van der Waals surface area contributed by atoms with Gasteiger partial charge in [-0.05, 0) is 78.2 Å². The maximum Gasteiger partial charge on any atom is 0.146 e. The Labute approximate surface area is 189 Å². The summed E-state index contributed by atoms with van der Waals surface area (Å²) in [6, 6.07) is 20.1. The first-order valence-corrected chi connectivity index (χ1v) is 10.4. The quantitative estimate of drug-likeness (QED) is 0.341. The van der Waals surface area contributed by atoms with Crippen molar-refractivity contribution >= 4 is 22.5 Å². The molecule has 2 N–H and O–H groups in total. The fraction of sp³-hybridized carbons (Fsp3) is 0.0769. The SMILES string of the molecule is Cc1cccc(Nc2ncnc3c2cc(-c2ccc(O)cc2)n3Cc2cc(F)cc(F)c2)c1. The lowest BCUT2D eigenvalue weighted by molar-refractivity contribution is 0.475. The van der Waals surface area contributed by atoms with E-state index in [-0.39, 0.29) is 12.3 Å². The Morgan fingerprint density at radius 2 is 1.67 bits per heavy atom. The van der Waals surface area contributed by atoms with Crippen molar-refractivity contribution in [3.05, 3.63) is 102 Å². The lowest BCUT2D eigenvalue weighted by Gasteiger charge is -2.12. The van der Waals surface area contributed by atoms with Gasteiger partial charge in [0.05, 0.1) is 11.1 Å². The zero-order valence-electron chi connectivity index (χ0n) is 17.8. The van der Waals surface area contributed by atoms with Gasteiger partial charge in [0.2, 0.25) is 0 Å². The van der Waals surface area contributed by atoms with Gasteiger partial charge in [-0.2, -0.15) is 0 Å². The number of fused-ring (bicyclic) bond motifs is 1. The monoisotopic (exact) mass is 442 g/mol. The largest absolute Gasteiger partial charge is 0.508 e. The number of hydrogen-bond acceptors (Lipinski definition) is 4. The van der Waals surface area contributed by atoms with E-state index in [2.05, 4.69) is 15.3 Å². The van der Waals surface area contributed by atoms with E-state index < -0.39 is 11.6 Å². The number of phenolic OH excluding ortho intramolecular Hbond substituents is 1. The van der Waals surface area contributed by atoms with Crippen LogP contribution in [-0.4, -0.2) is 19.6 Å². The standard InChI is InChI=1S/C26H20F2N4O/c1-16-3-2-4-21(9-16)31-25-23-13-24(18-5-7-22(33)8-6-18)32(26(23)30-15-29-25)14-17-10-19(27)12-20(28)11-17/h2-13,15,33H,14H2,1H3,(H,29,30,31). The molecule has 0 saturated heterocycles. The molecule has 0 spiro atoms. The number of anilines is 2. The number of benzene rings is 3. The highest BCUT2D eigenvalue weighted by Gasteiger charge is 2.17. The molecular weight excluding hydrogens is 422 g/mol. The molecule has 0 atom stereocenters. The van der Waals surface area contributed by atoms with Crippen molar-refractivity contribution in [1.82, 2.24) is 14.5 Å². The summed E-state index contributed by atoms with van der Waals surface area (Å²) < 4.78 is 29.6. The molecule has 0 bridgehead atoms. The molecule has 0 aliphatic heterocycles. The normalized spacial score (nSPS) is 11.1. The van der Waals surface area contributed by atoms with E-state index in [0.717, 1.165) is 34.0 Å². The summed E-state index contributed by atoms with van der Waals surface area (Å²) in [5, 5.41) is 13.8. The predicted molar refractivity (Wildman–Crippen MR) is 125 cm³/mol. The molecule has 0 fully saturated rings. The highest BCUT2D eigenvalue weighted by atomic mass is 19.1. The molecule has 0 aliphatic carbocycles. The third-order valence-electron chi connectivity index (χ3n) is 5.40. The van der Waals surface area contributed by atoms with Gasteiger partial charge in [-0.1, -0.05) is 12.1 Å². The van der Waals surface area contributed by atoms with E-state index in [1.54, 1.807) is 24.3 Å². The number of rotatable bonds is 5. The summed E-state index contributed by atoms with van der Waals surface area (Å²) in [4.78, 5) is 8.91. The van der Waals surface area contributed by atoms with Gasteiger partial charge in [0.25, 0.3) is 0 Å². The molecule has 0 amide bonds. The van der Waals surface area contributed by atoms with Crippen molar-refractivity contribution in [3.8, 4) is 17.0 Å². The molecular formula is C26H20F2N4O. The minimum Gasteiger partial charge on any atom is -0.508 e. The number of halogens is 2. The van der Waals surface area contributed by atoms with Crippen molar-refractivity contribution in [2.75, 3.05) is 5.32 Å². The van der Waals surface area contributed by atoms with E-state index in [0.29, 0.717) is 17.0 Å². The van der Waals surface area contributed by atoms with Gasteiger partial charge < -0.3 is 15.0 Å². The molecule has 164 valence electrons. The predicted octanol–water partition coefficient (Wildman–Crippen LogP) is 6.18. The summed E-state index contributed by atoms with van der Waals surface area (Å²) in [5.74, 6) is -0.502. The fourth-order valence-corrected chi connectivity index (χ4v) is 3.94. The van der Waals surface area contributed by atoms with E-state index in [4.69, 9.17) is 0 Å². The zero-order chi connectivity index (χ0) is 22.9. The first-order chi connectivity index (χ1) is 16.0. The number of hydrogen-bond donors (Lipinski definition) is 2. The molecule has 3 aromatic carbocycles. The van der Waals surface area contributed by atoms with Crippen molar-refractivity contribution < 1.29 is 13.9 Å². The molecule has 0 saturated carbocycles. The van der Waals surface area contributed by atoms with Gasteiger partial charge in [-0.25, -0.2) is 18.7 Å². The lowest BCUT2D eigenvalue weighted by Crippen LogP contribution is -2.04. The summed E-state index contributed by atoms with van der Waals surface area (Å²) in [6.07, 6.45) is 1.46. The van der Waals surface area contributed by atoms with Gasteiger partial charge in [0.15, 0.2) is 0 Å². The van der Waals surface area contributed by atoms with Crippen LogP contribution in [0.25, 0.3) is 22.3 Å². The topological polar surface area (TPSA) is 63.0 Å². The molecule has 5 nitrogen and oxygen atoms in total. The third-order valence-corrected chi connectivity index (χ3v) is 5.40. The second-order valence-electron chi connectivity index (χ2n) is 7.89. The van der Waals surface area contributed by atoms with Crippen LogP contribution in [0.15, 0.2) is 79.1 Å². The number of aryl methyl sites for hydroxylation is 1. The Morgan fingerprint density at radius 1 is 0.909 bits per heavy atom. The Kier molecular flexibility index (Phi) is 5.22. The highest BCUT2D eigenvalue weighted by molar-refractivity contribution is 5.93. The molecule has 5 rings (SSSR count). The Morgan fingerprint density at radius 3 is 2.39 bits per heavy atom. The van der Waals surface area contributed by atoms with Crippen LogP contribution >= 0.6 is 0 Å². The second kappa shape index (κ2) is 8.35. The molecule has 7 heteroatoms. The Balaban J connectivity index is 1.67. The summed E-state index contributed by atoms with van der Waals surface area (Å²) in [5.41, 5.74) is 4.69. The summed E-state index contributed by atoms with van der Waals surface area (Å²) in [6.45, 7) is 2.22. The smallest absolute Gasteiger partial charge is 0.146 e. The van der Waals surface area contributed by atoms with Gasteiger partial charge in [-0.15, -0.1) is 0 Å². The fourth-order valence-electron chi connectivity index (χ4n) is 3.94. The number of aromatic nitrogens is 3. The molecule has 0 unspecified atom stereocenters. The Bertz CT molecular complexity index is 1440. The first-order valence-electron chi connectivity index (χ1n) is 10.4. The van der Waals surface area contributed by atoms with E-state index in [1.165, 1.54) is 18.5 Å². The van der Waals surface area contributed by atoms with Crippen molar-refractivity contribution in [3.63, 3.8) is 0 Å². The maximum atomic E-state index is 13.9. The van der Waals surface area contributed by atoms with Crippen LogP contribution in [0.5, 0.6) is 5.75 Å². The van der Waals surface area contributed by atoms with Gasteiger partial charge in [0, 0.05) is 18.3 Å². The number of nitrogens with one attached hydrogen (secondary N) is 1. The molecule has 0 radical (unpaired) electrons. The van der Waals surface area contributed by atoms with Crippen LogP contribution in [0, 0.1) is 18.6 Å². The van der Waals surface area contributed by atoms with Crippen molar-refractivity contribution in [2.24, 2.45) is 0 Å². The lowest BCUT2D eigenvalue weighted by atomic mass is 10.1. The highest BCUT2D eigenvalue weighted by Crippen LogP contribution is 2.33. The summed E-state index contributed by atoms with van der Waals surface area (Å²) >= 11 is 0. The average molecular weight is 442 g/mol. The first kappa shape index (κ1) is 20.6. The van der Waals surface area contributed by atoms with Crippen LogP contribution in [0.3, 0.4) is 0 Å². The van der Waals surface area contributed by atoms with Crippen LogP contribution in [0.2, 0.25) is 0 Å². The van der Waals surface area contributed by atoms with Gasteiger partial charge in [0.1, 0.15) is 35.2 Å². The third kappa shape index (κ3) is 4.25. The molecule has 33 heavy (non-hydrogen) atoms. The number of aromatic hydroxyl groups is 1. The van der Waals surface area contributed by atoms with Crippen LogP contribution in [0.1, 0.15) is 11.1 Å². The van der Waals surface area contributed by atoms with Crippen LogP contribution in [-0.2, 0) is 6.54 Å². The number of phenols is 1. The van der Waals surface area contributed by atoms with Crippen LogP contribution < -0.4 is 5.32 Å². The minimum atomic E-state index is -0.635. The van der Waals surface area contributed by atoms with Crippen molar-refractivity contribution in [1.29, 1.82) is 0 Å². The summed E-state index contributed by atoms with van der Waals surface area (Å²) in [7, 11) is 0. The second-order valence-corrected chi connectivity index (χ2v) is 7.89. The minimum absolute atomic E-state index is 0.148. The average Bonchev–Trinajstić information content (AvgIpc) is 3.13. The molecule has 0 aliphatic rings. The Hall–Kier alpha value is -4.26. The van der Waals surface area contributed by atoms with E-state index in [1.807, 2.05) is 41.8 Å². The number of nitrogens with zero attached hydrogens (tertiary/aromatic N) is 3. The molecule has 2 heterocycles.